The normalized spacial score (nSPS) is 28.9. The van der Waals surface area contributed by atoms with Gasteiger partial charge in [-0.1, -0.05) is 12.1 Å². The van der Waals surface area contributed by atoms with Crippen molar-refractivity contribution in [3.8, 4) is 0 Å². The van der Waals surface area contributed by atoms with Crippen LogP contribution in [0.3, 0.4) is 0 Å². The maximum absolute atomic E-state index is 12.5. The van der Waals surface area contributed by atoms with Crippen molar-refractivity contribution in [1.82, 2.24) is 19.9 Å². The van der Waals surface area contributed by atoms with Crippen molar-refractivity contribution in [2.45, 2.75) is 31.7 Å². The van der Waals surface area contributed by atoms with E-state index < -0.39 is 21.8 Å². The fraction of sp³-hybridized carbons (Fsp3) is 0.833. The van der Waals surface area contributed by atoms with Gasteiger partial charge >= 0.3 is 6.18 Å². The van der Waals surface area contributed by atoms with Crippen LogP contribution in [-0.4, -0.2) is 71.6 Å². The van der Waals surface area contributed by atoms with Crippen molar-refractivity contribution in [1.29, 1.82) is 0 Å². The van der Waals surface area contributed by atoms with Crippen LogP contribution in [0, 0.1) is 0 Å². The third-order valence-electron chi connectivity index (χ3n) is 4.37. The summed E-state index contributed by atoms with van der Waals surface area (Å²) in [5, 5.41) is 2.93. The van der Waals surface area contributed by atoms with Gasteiger partial charge in [0.2, 0.25) is 5.89 Å². The summed E-state index contributed by atoms with van der Waals surface area (Å²) in [7, 11) is -3.15. The maximum Gasteiger partial charge on any atom is 0.455 e. The number of hydrogen-bond donors (Lipinski definition) is 0. The minimum Gasteiger partial charge on any atom is -0.338 e. The Bertz CT molecular complexity index is 675. The molecule has 0 unspecified atom stereocenters. The first-order valence-electron chi connectivity index (χ1n) is 7.28. The lowest BCUT2D eigenvalue weighted by atomic mass is 10.0. The molecule has 2 aliphatic rings. The number of sulfone groups is 1. The molecule has 0 N–H and O–H groups in total. The summed E-state index contributed by atoms with van der Waals surface area (Å²) in [6, 6.07) is -0.390. The lowest BCUT2D eigenvalue weighted by Crippen LogP contribution is -2.58. The highest BCUT2D eigenvalue weighted by Crippen LogP contribution is 2.29. The number of likely N-dealkylation sites (N-methyl/N-ethyl adjacent to an activating group) is 1. The SMILES string of the molecule is CCN1CCN(Cc2nc(C(F)(F)F)no2)[C@H]2CS(=O)(=O)C[C@H]21. The van der Waals surface area contributed by atoms with E-state index in [1.165, 1.54) is 0 Å². The summed E-state index contributed by atoms with van der Waals surface area (Å²) < 4.78 is 66.1. The molecule has 23 heavy (non-hydrogen) atoms. The Hall–Kier alpha value is -1.20. The predicted molar refractivity (Wildman–Crippen MR) is 73.2 cm³/mol. The van der Waals surface area contributed by atoms with Crippen LogP contribution < -0.4 is 0 Å². The highest BCUT2D eigenvalue weighted by molar-refractivity contribution is 7.91. The molecule has 7 nitrogen and oxygen atoms in total. The molecule has 3 rings (SSSR count). The molecule has 2 atom stereocenters. The Morgan fingerprint density at radius 2 is 1.83 bits per heavy atom. The van der Waals surface area contributed by atoms with E-state index in [1.54, 1.807) is 0 Å². The maximum atomic E-state index is 12.5. The largest absolute Gasteiger partial charge is 0.455 e. The number of alkyl halides is 3. The second-order valence-corrected chi connectivity index (χ2v) is 7.97. The predicted octanol–water partition coefficient (Wildman–Crippen LogP) is 0.391. The number of rotatable bonds is 3. The minimum atomic E-state index is -4.65. The molecule has 0 spiro atoms. The van der Waals surface area contributed by atoms with Crippen LogP contribution >= 0.6 is 0 Å². The molecular formula is C12H17F3N4O3S. The van der Waals surface area contributed by atoms with Crippen LogP contribution in [0.1, 0.15) is 18.6 Å². The van der Waals surface area contributed by atoms with Gasteiger partial charge in [-0.2, -0.15) is 18.2 Å². The second-order valence-electron chi connectivity index (χ2n) is 5.82. The Balaban J connectivity index is 1.77. The monoisotopic (exact) mass is 354 g/mol. The average Bonchev–Trinajstić information content (AvgIpc) is 3.02. The molecule has 130 valence electrons. The van der Waals surface area contributed by atoms with E-state index in [9.17, 15) is 21.6 Å². The van der Waals surface area contributed by atoms with Crippen molar-refractivity contribution in [3.63, 3.8) is 0 Å². The number of aromatic nitrogens is 2. The molecule has 2 aliphatic heterocycles. The van der Waals surface area contributed by atoms with Gasteiger partial charge in [-0.05, 0) is 6.54 Å². The molecule has 2 saturated heterocycles. The summed E-state index contributed by atoms with van der Waals surface area (Å²) in [5.74, 6) is -1.37. The fourth-order valence-corrected chi connectivity index (χ4v) is 5.34. The molecule has 0 aliphatic carbocycles. The zero-order valence-corrected chi connectivity index (χ0v) is 13.3. The van der Waals surface area contributed by atoms with Gasteiger partial charge in [0.25, 0.3) is 5.82 Å². The van der Waals surface area contributed by atoms with Gasteiger partial charge in [-0.15, -0.1) is 0 Å². The van der Waals surface area contributed by atoms with Crippen LogP contribution in [0.2, 0.25) is 0 Å². The highest BCUT2D eigenvalue weighted by Gasteiger charge is 2.46. The summed E-state index contributed by atoms with van der Waals surface area (Å²) >= 11 is 0. The van der Waals surface area contributed by atoms with Gasteiger partial charge in [0, 0.05) is 25.2 Å². The van der Waals surface area contributed by atoms with Crippen LogP contribution in [-0.2, 0) is 22.6 Å². The molecule has 0 aromatic carbocycles. The van der Waals surface area contributed by atoms with E-state index in [-0.39, 0.29) is 36.0 Å². The Morgan fingerprint density at radius 1 is 1.22 bits per heavy atom. The van der Waals surface area contributed by atoms with E-state index in [2.05, 4.69) is 19.6 Å². The fourth-order valence-electron chi connectivity index (χ4n) is 3.29. The zero-order valence-electron chi connectivity index (χ0n) is 12.5. The van der Waals surface area contributed by atoms with E-state index in [1.807, 2.05) is 11.8 Å². The second kappa shape index (κ2) is 5.71. The van der Waals surface area contributed by atoms with Gasteiger partial charge in [0.1, 0.15) is 0 Å². The molecule has 0 amide bonds. The van der Waals surface area contributed by atoms with Crippen molar-refractivity contribution < 1.29 is 26.1 Å². The van der Waals surface area contributed by atoms with E-state index in [0.717, 1.165) is 6.54 Å². The zero-order chi connectivity index (χ0) is 16.8. The van der Waals surface area contributed by atoms with Crippen molar-refractivity contribution in [3.05, 3.63) is 11.7 Å². The first-order valence-corrected chi connectivity index (χ1v) is 9.10. The van der Waals surface area contributed by atoms with Gasteiger partial charge in [-0.3, -0.25) is 9.80 Å². The first-order chi connectivity index (χ1) is 10.7. The Morgan fingerprint density at radius 3 is 2.39 bits per heavy atom. The van der Waals surface area contributed by atoms with Crippen molar-refractivity contribution in [2.24, 2.45) is 0 Å². The van der Waals surface area contributed by atoms with Crippen LogP contribution in [0.25, 0.3) is 0 Å². The standard InChI is InChI=1S/C12H17F3N4O3S/c1-2-18-3-4-19(9-7-23(20,21)6-8(9)18)5-10-16-11(17-22-10)12(13,14)15/h8-9H,2-7H2,1H3/t8-,9+/m1/s1. The lowest BCUT2D eigenvalue weighted by molar-refractivity contribution is -0.146. The molecule has 3 heterocycles. The van der Waals surface area contributed by atoms with Gasteiger partial charge in [0.15, 0.2) is 9.84 Å². The molecule has 2 fully saturated rings. The molecular weight excluding hydrogens is 337 g/mol. The van der Waals surface area contributed by atoms with Crippen LogP contribution in [0.4, 0.5) is 13.2 Å². The Kier molecular flexibility index (Phi) is 4.13. The van der Waals surface area contributed by atoms with E-state index in [0.29, 0.717) is 13.1 Å². The summed E-state index contributed by atoms with van der Waals surface area (Å²) in [5.41, 5.74) is 0. The van der Waals surface area contributed by atoms with Crippen molar-refractivity contribution >= 4 is 9.84 Å². The summed E-state index contributed by atoms with van der Waals surface area (Å²) in [6.45, 7) is 3.94. The molecule has 1 aromatic rings. The number of halogens is 3. The Labute approximate surface area is 131 Å². The lowest BCUT2D eigenvalue weighted by Gasteiger charge is -2.42. The van der Waals surface area contributed by atoms with Crippen LogP contribution in [0.5, 0.6) is 0 Å². The average molecular weight is 354 g/mol. The van der Waals surface area contributed by atoms with Crippen molar-refractivity contribution in [2.75, 3.05) is 31.1 Å². The minimum absolute atomic E-state index is 0.00836. The third kappa shape index (κ3) is 3.36. The topological polar surface area (TPSA) is 79.5 Å². The van der Waals surface area contributed by atoms with Gasteiger partial charge in [0.05, 0.1) is 18.1 Å². The molecule has 0 bridgehead atoms. The quantitative estimate of drug-likeness (QED) is 0.777. The smallest absolute Gasteiger partial charge is 0.338 e. The summed E-state index contributed by atoms with van der Waals surface area (Å²) in [6.07, 6.45) is -4.65. The van der Waals surface area contributed by atoms with E-state index in [4.69, 9.17) is 0 Å². The number of hydrogen-bond acceptors (Lipinski definition) is 7. The third-order valence-corrected chi connectivity index (χ3v) is 6.07. The molecule has 0 saturated carbocycles. The van der Waals surface area contributed by atoms with Gasteiger partial charge < -0.3 is 4.52 Å². The molecule has 1 aromatic heterocycles. The first kappa shape index (κ1) is 16.7. The highest BCUT2D eigenvalue weighted by atomic mass is 32.2. The number of piperazine rings is 1. The summed E-state index contributed by atoms with van der Waals surface area (Å²) in [4.78, 5) is 7.28. The molecule has 11 heteroatoms. The van der Waals surface area contributed by atoms with Gasteiger partial charge in [-0.25, -0.2) is 8.42 Å². The van der Waals surface area contributed by atoms with Crippen LogP contribution in [0.15, 0.2) is 4.52 Å². The molecule has 0 radical (unpaired) electrons. The van der Waals surface area contributed by atoms with E-state index >= 15 is 0 Å². The number of nitrogens with zero attached hydrogens (tertiary/aromatic N) is 4. The number of fused-ring (bicyclic) bond motifs is 1.